The second kappa shape index (κ2) is 11.2. The SMILES string of the molecule is COc1cc(OC(C)=O)c2c3c1O[C@H]1[C@@H](N(C)S(=O)(=O)Cc4ccccc4)CC[C@H]4[C@@H](C2)N(CCc2ccccc2)CC[C@@]341. The predicted octanol–water partition coefficient (Wildman–Crippen LogP) is 4.73. The number of ether oxygens (including phenoxy) is 3. The van der Waals surface area contributed by atoms with E-state index in [9.17, 15) is 13.2 Å². The smallest absolute Gasteiger partial charge is 0.308 e. The zero-order valence-electron chi connectivity index (χ0n) is 25.6. The van der Waals surface area contributed by atoms with Crippen molar-refractivity contribution in [2.75, 3.05) is 27.2 Å². The van der Waals surface area contributed by atoms with E-state index in [0.717, 1.165) is 55.5 Å². The molecule has 1 spiro atoms. The first kappa shape index (κ1) is 29.3. The van der Waals surface area contributed by atoms with Gasteiger partial charge >= 0.3 is 5.97 Å². The predicted molar refractivity (Wildman–Crippen MR) is 168 cm³/mol. The maximum atomic E-state index is 13.8. The molecule has 0 unspecified atom stereocenters. The van der Waals surface area contributed by atoms with E-state index in [4.69, 9.17) is 14.2 Å². The Labute approximate surface area is 260 Å². The molecule has 3 aromatic rings. The quantitative estimate of drug-likeness (QED) is 0.254. The number of likely N-dealkylation sites (tertiary alicyclic amines) is 1. The first-order valence-electron chi connectivity index (χ1n) is 15.6. The average molecular weight is 617 g/mol. The Morgan fingerprint density at radius 3 is 2.43 bits per heavy atom. The van der Waals surface area contributed by atoms with Gasteiger partial charge in [0, 0.05) is 49.2 Å². The molecule has 1 saturated heterocycles. The second-order valence-electron chi connectivity index (χ2n) is 12.7. The van der Waals surface area contributed by atoms with Crippen LogP contribution in [0.5, 0.6) is 17.2 Å². The summed E-state index contributed by atoms with van der Waals surface area (Å²) in [5, 5.41) is 0. The van der Waals surface area contributed by atoms with E-state index in [0.29, 0.717) is 23.7 Å². The Kier molecular flexibility index (Phi) is 7.46. The van der Waals surface area contributed by atoms with Gasteiger partial charge in [-0.1, -0.05) is 60.7 Å². The van der Waals surface area contributed by atoms with Gasteiger partial charge in [0.05, 0.1) is 18.9 Å². The fraction of sp³-hybridized carbons (Fsp3) is 0.457. The molecule has 3 aromatic carbocycles. The van der Waals surface area contributed by atoms with Gasteiger partial charge in [-0.3, -0.25) is 9.69 Å². The lowest BCUT2D eigenvalue weighted by atomic mass is 9.51. The van der Waals surface area contributed by atoms with Gasteiger partial charge in [-0.25, -0.2) is 8.42 Å². The van der Waals surface area contributed by atoms with Crippen LogP contribution < -0.4 is 14.2 Å². The van der Waals surface area contributed by atoms with Crippen molar-refractivity contribution in [3.05, 3.63) is 89.0 Å². The molecule has 0 aromatic heterocycles. The van der Waals surface area contributed by atoms with Crippen LogP contribution in [0, 0.1) is 5.92 Å². The summed E-state index contributed by atoms with van der Waals surface area (Å²) < 4.78 is 47.8. The zero-order chi connectivity index (χ0) is 30.6. The molecule has 232 valence electrons. The number of hydrogen-bond donors (Lipinski definition) is 0. The van der Waals surface area contributed by atoms with E-state index >= 15 is 0 Å². The molecule has 44 heavy (non-hydrogen) atoms. The fourth-order valence-electron chi connectivity index (χ4n) is 8.69. The number of piperidine rings is 1. The summed E-state index contributed by atoms with van der Waals surface area (Å²) in [4.78, 5) is 14.9. The number of hydrogen-bond acceptors (Lipinski definition) is 7. The lowest BCUT2D eigenvalue weighted by molar-refractivity contribution is -0.132. The van der Waals surface area contributed by atoms with Crippen LogP contribution >= 0.6 is 0 Å². The molecule has 0 radical (unpaired) electrons. The van der Waals surface area contributed by atoms with Crippen LogP contribution in [0.15, 0.2) is 66.7 Å². The third-order valence-electron chi connectivity index (χ3n) is 10.6. The number of methoxy groups -OCH3 is 1. The molecular formula is C35H40N2O6S. The normalized spacial score (nSPS) is 27.0. The van der Waals surface area contributed by atoms with Crippen molar-refractivity contribution in [3.63, 3.8) is 0 Å². The topological polar surface area (TPSA) is 85.4 Å². The molecule has 8 nitrogen and oxygen atoms in total. The van der Waals surface area contributed by atoms with Crippen molar-refractivity contribution in [1.82, 2.24) is 9.21 Å². The van der Waals surface area contributed by atoms with Gasteiger partial charge in [-0.2, -0.15) is 4.31 Å². The third kappa shape index (κ3) is 4.71. The summed E-state index contributed by atoms with van der Waals surface area (Å²) in [6, 6.07) is 21.6. The van der Waals surface area contributed by atoms with Crippen LogP contribution in [0.4, 0.5) is 0 Å². The zero-order valence-corrected chi connectivity index (χ0v) is 26.4. The van der Waals surface area contributed by atoms with Crippen LogP contribution in [0.3, 0.4) is 0 Å². The highest BCUT2D eigenvalue weighted by atomic mass is 32.2. The number of carbonyl (C=O) groups is 1. The fourth-order valence-corrected chi connectivity index (χ4v) is 10.1. The van der Waals surface area contributed by atoms with E-state index in [1.54, 1.807) is 24.5 Å². The van der Waals surface area contributed by atoms with Gasteiger partial charge in [-0.15, -0.1) is 0 Å². The molecule has 1 saturated carbocycles. The molecule has 2 aliphatic heterocycles. The van der Waals surface area contributed by atoms with Crippen molar-refractivity contribution in [2.45, 2.75) is 68.4 Å². The Bertz CT molecular complexity index is 1660. The number of carbonyl (C=O) groups excluding carboxylic acids is 1. The lowest BCUT2D eigenvalue weighted by Gasteiger charge is -2.60. The summed E-state index contributed by atoms with van der Waals surface area (Å²) in [6.07, 6.45) is 3.78. The number of rotatable bonds is 9. The first-order valence-corrected chi connectivity index (χ1v) is 17.2. The van der Waals surface area contributed by atoms with Gasteiger partial charge in [0.15, 0.2) is 11.5 Å². The summed E-state index contributed by atoms with van der Waals surface area (Å²) in [5.41, 5.74) is 3.74. The maximum Gasteiger partial charge on any atom is 0.308 e. The Morgan fingerprint density at radius 1 is 1.05 bits per heavy atom. The standard InChI is InChI=1S/C35H40N2O6S/c1-23(38)42-30-21-31(41-3)33-32-26(30)20-29-27-14-15-28(36(2)44(39,40)22-25-12-8-5-9-13-25)34(43-33)35(27,32)17-19-37(29)18-16-24-10-6-4-7-11-24/h4-13,21,27-29,34H,14-20,22H2,1-3H3/t27-,28-,29+,34-,35-/m0/s1. The minimum atomic E-state index is -3.63. The van der Waals surface area contributed by atoms with Crippen molar-refractivity contribution in [2.24, 2.45) is 5.92 Å². The van der Waals surface area contributed by atoms with E-state index < -0.39 is 15.4 Å². The van der Waals surface area contributed by atoms with Crippen LogP contribution in [-0.2, 0) is 38.8 Å². The number of esters is 1. The van der Waals surface area contributed by atoms with Gasteiger partial charge < -0.3 is 14.2 Å². The van der Waals surface area contributed by atoms with Crippen LogP contribution in [0.1, 0.15) is 48.4 Å². The Hall–Kier alpha value is -3.40. The van der Waals surface area contributed by atoms with Crippen molar-refractivity contribution < 1.29 is 27.4 Å². The number of sulfonamides is 1. The largest absolute Gasteiger partial charge is 0.493 e. The van der Waals surface area contributed by atoms with Crippen molar-refractivity contribution in [1.29, 1.82) is 0 Å². The molecular weight excluding hydrogens is 576 g/mol. The van der Waals surface area contributed by atoms with E-state index in [-0.39, 0.29) is 35.8 Å². The van der Waals surface area contributed by atoms with E-state index in [1.165, 1.54) is 12.5 Å². The maximum absolute atomic E-state index is 13.8. The molecule has 2 bridgehead atoms. The molecule has 7 rings (SSSR count). The third-order valence-corrected chi connectivity index (χ3v) is 12.4. The van der Waals surface area contributed by atoms with Crippen LogP contribution in [-0.4, -0.2) is 69.0 Å². The minimum Gasteiger partial charge on any atom is -0.493 e. The highest BCUT2D eigenvalue weighted by Gasteiger charge is 2.67. The first-order chi connectivity index (χ1) is 21.2. The van der Waals surface area contributed by atoms with Gasteiger partial charge in [-0.05, 0) is 55.7 Å². The van der Waals surface area contributed by atoms with Gasteiger partial charge in [0.25, 0.3) is 0 Å². The summed E-state index contributed by atoms with van der Waals surface area (Å²) >= 11 is 0. The van der Waals surface area contributed by atoms with Crippen molar-refractivity contribution in [3.8, 4) is 17.2 Å². The molecule has 0 N–H and O–H groups in total. The molecule has 4 aliphatic rings. The molecule has 2 heterocycles. The Balaban J connectivity index is 1.29. The highest BCUT2D eigenvalue weighted by molar-refractivity contribution is 7.88. The number of nitrogens with zero attached hydrogens (tertiary/aromatic N) is 2. The number of likely N-dealkylation sites (N-methyl/N-ethyl adjacent to an activating group) is 1. The van der Waals surface area contributed by atoms with Crippen LogP contribution in [0.25, 0.3) is 0 Å². The van der Waals surface area contributed by atoms with Crippen LogP contribution in [0.2, 0.25) is 0 Å². The molecule has 2 aliphatic carbocycles. The summed E-state index contributed by atoms with van der Waals surface area (Å²) in [7, 11) is -0.315. The number of benzene rings is 3. The van der Waals surface area contributed by atoms with E-state index in [1.807, 2.05) is 36.4 Å². The Morgan fingerprint density at radius 2 is 1.75 bits per heavy atom. The molecule has 2 fully saturated rings. The summed E-state index contributed by atoms with van der Waals surface area (Å²) in [6.45, 7) is 3.24. The van der Waals surface area contributed by atoms with Gasteiger partial charge in [0.2, 0.25) is 10.0 Å². The van der Waals surface area contributed by atoms with Crippen molar-refractivity contribution >= 4 is 16.0 Å². The highest BCUT2D eigenvalue weighted by Crippen LogP contribution is 2.65. The second-order valence-corrected chi connectivity index (χ2v) is 14.8. The molecule has 0 amide bonds. The average Bonchev–Trinajstić information content (AvgIpc) is 3.36. The lowest BCUT2D eigenvalue weighted by Crippen LogP contribution is -2.69. The summed E-state index contributed by atoms with van der Waals surface area (Å²) in [5.74, 6) is 1.59. The van der Waals surface area contributed by atoms with E-state index in [2.05, 4.69) is 29.2 Å². The van der Waals surface area contributed by atoms with Gasteiger partial charge in [0.1, 0.15) is 11.9 Å². The molecule has 9 heteroatoms. The monoisotopic (exact) mass is 616 g/mol. The molecule has 5 atom stereocenters. The minimum absolute atomic E-state index is 0.0575.